The number of esters is 1. The number of H-pyrrole nitrogens is 1. The number of β-lactam (4-membered cyclic amide) rings is 1. The van der Waals surface area contributed by atoms with Crippen LogP contribution in [-0.2, 0) is 23.9 Å². The summed E-state index contributed by atoms with van der Waals surface area (Å²) in [5.41, 5.74) is -0.611. The van der Waals surface area contributed by atoms with E-state index in [1.807, 2.05) is 0 Å². The van der Waals surface area contributed by atoms with Crippen molar-refractivity contribution in [3.63, 3.8) is 0 Å². The third-order valence-electron chi connectivity index (χ3n) is 5.74. The number of carboxylic acids is 2. The van der Waals surface area contributed by atoms with E-state index >= 15 is 0 Å². The number of aromatic amines is 1. The zero-order valence-corrected chi connectivity index (χ0v) is 20.5. The van der Waals surface area contributed by atoms with Gasteiger partial charge in [0.1, 0.15) is 29.8 Å². The number of benzene rings is 1. The van der Waals surface area contributed by atoms with Crippen LogP contribution in [0.2, 0.25) is 0 Å². The van der Waals surface area contributed by atoms with Crippen molar-refractivity contribution in [2.24, 2.45) is 0 Å². The van der Waals surface area contributed by atoms with Gasteiger partial charge >= 0.3 is 17.9 Å². The number of carboxylic acid groups (broad SMARTS) is 2. The Hall–Kier alpha value is -4.66. The lowest BCUT2D eigenvalue weighted by Crippen LogP contribution is -2.71. The summed E-state index contributed by atoms with van der Waals surface area (Å²) in [4.78, 5) is 80.6. The largest absolute Gasteiger partial charge is 0.477 e. The van der Waals surface area contributed by atoms with Gasteiger partial charge < -0.3 is 30.6 Å². The zero-order chi connectivity index (χ0) is 27.6. The molecule has 38 heavy (non-hydrogen) atoms. The number of ether oxygens (including phenoxy) is 1. The summed E-state index contributed by atoms with van der Waals surface area (Å²) < 4.78 is 4.90. The van der Waals surface area contributed by atoms with Crippen LogP contribution >= 0.6 is 11.8 Å². The highest BCUT2D eigenvalue weighted by Gasteiger charge is 2.54. The van der Waals surface area contributed by atoms with Gasteiger partial charge in [-0.3, -0.25) is 24.1 Å². The van der Waals surface area contributed by atoms with Gasteiger partial charge in [-0.15, -0.1) is 11.8 Å². The minimum absolute atomic E-state index is 0.145. The quantitative estimate of drug-likeness (QED) is 0.208. The topological polar surface area (TPSA) is 208 Å². The Morgan fingerprint density at radius 2 is 1.89 bits per heavy atom. The molecule has 0 spiro atoms. The molecule has 4 rings (SSSR count). The van der Waals surface area contributed by atoms with Gasteiger partial charge in [-0.1, -0.05) is 30.3 Å². The molecule has 3 atom stereocenters. The van der Waals surface area contributed by atoms with Gasteiger partial charge in [0, 0.05) is 18.2 Å². The number of hydrogen-bond donors (Lipinski definition) is 5. The maximum absolute atomic E-state index is 13.3. The summed E-state index contributed by atoms with van der Waals surface area (Å²) in [6.45, 7) is 0.891. The van der Waals surface area contributed by atoms with Crippen LogP contribution in [0.3, 0.4) is 0 Å². The molecule has 3 amide bonds. The van der Waals surface area contributed by atoms with Crippen molar-refractivity contribution in [2.45, 2.75) is 24.4 Å². The molecule has 1 aromatic carbocycles. The first-order valence-electron chi connectivity index (χ1n) is 11.1. The fraction of sp³-hybridized carbons (Fsp3) is 0.261. The number of aromatic carboxylic acids is 1. The monoisotopic (exact) mass is 543 g/mol. The second-order valence-corrected chi connectivity index (χ2v) is 9.29. The number of hydrogen-bond acceptors (Lipinski definition) is 9. The SMILES string of the molecule is CC(=O)OCC1=C(C(=O)O)N2C(=O)[C@@H](NC(=O)[C@H](NC(=O)c3nc[nH]c3C(=O)O)c3ccccc3)[C@H]2SC1. The number of imidazole rings is 1. The van der Waals surface area contributed by atoms with Crippen molar-refractivity contribution < 1.29 is 43.7 Å². The number of carbonyl (C=O) groups is 6. The van der Waals surface area contributed by atoms with Crippen LogP contribution in [0.15, 0.2) is 47.9 Å². The molecular formula is C23H21N5O9S. The van der Waals surface area contributed by atoms with Crippen LogP contribution in [0.1, 0.15) is 39.5 Å². The summed E-state index contributed by atoms with van der Waals surface area (Å²) >= 11 is 1.18. The fourth-order valence-corrected chi connectivity index (χ4v) is 5.32. The van der Waals surface area contributed by atoms with Crippen molar-refractivity contribution in [3.8, 4) is 0 Å². The molecule has 5 N–H and O–H groups in total. The number of nitrogens with one attached hydrogen (secondary N) is 3. The molecular weight excluding hydrogens is 522 g/mol. The van der Waals surface area contributed by atoms with Gasteiger partial charge in [-0.25, -0.2) is 14.6 Å². The highest BCUT2D eigenvalue weighted by atomic mass is 32.2. The van der Waals surface area contributed by atoms with Gasteiger partial charge in [0.05, 0.1) is 6.33 Å². The number of aromatic nitrogens is 2. The molecule has 14 nitrogen and oxygen atoms in total. The van der Waals surface area contributed by atoms with Crippen LogP contribution < -0.4 is 10.6 Å². The third kappa shape index (κ3) is 5.08. The van der Waals surface area contributed by atoms with Crippen LogP contribution in [0.25, 0.3) is 0 Å². The molecule has 0 radical (unpaired) electrons. The van der Waals surface area contributed by atoms with Crippen molar-refractivity contribution >= 4 is 47.4 Å². The van der Waals surface area contributed by atoms with Gasteiger partial charge in [0.25, 0.3) is 11.8 Å². The molecule has 0 bridgehead atoms. The van der Waals surface area contributed by atoms with Crippen LogP contribution in [0.5, 0.6) is 0 Å². The van der Waals surface area contributed by atoms with Crippen molar-refractivity contribution in [3.05, 3.63) is 64.9 Å². The van der Waals surface area contributed by atoms with E-state index < -0.39 is 64.5 Å². The average molecular weight is 544 g/mol. The first-order chi connectivity index (χ1) is 18.1. The zero-order valence-electron chi connectivity index (χ0n) is 19.7. The first kappa shape index (κ1) is 26.4. The molecule has 2 aliphatic heterocycles. The van der Waals surface area contributed by atoms with E-state index in [-0.39, 0.29) is 23.6 Å². The second kappa shape index (κ2) is 10.8. The standard InChI is InChI=1S/C23H21N5O9S/c1-10(29)37-7-12-8-38-21-16(20(32)28(21)17(12)23(35)36)27-18(30)13(11-5-3-2-4-6-11)26-19(31)14-15(22(33)34)25-9-24-14/h2-6,9,13,16,21H,7-8H2,1H3,(H,24,25)(H,26,31)(H,27,30)(H,33,34)(H,35,36)/t13-,16-,21-/m1/s1. The number of thioether (sulfide) groups is 1. The number of fused-ring (bicyclic) bond motifs is 1. The molecule has 198 valence electrons. The second-order valence-electron chi connectivity index (χ2n) is 8.18. The molecule has 1 saturated heterocycles. The predicted octanol–water partition coefficient (Wildman–Crippen LogP) is -0.119. The number of aliphatic carboxylic acids is 1. The fourth-order valence-electron chi connectivity index (χ4n) is 3.99. The highest BCUT2D eigenvalue weighted by Crippen LogP contribution is 2.40. The van der Waals surface area contributed by atoms with E-state index in [1.165, 1.54) is 18.7 Å². The van der Waals surface area contributed by atoms with Crippen molar-refractivity contribution in [2.75, 3.05) is 12.4 Å². The molecule has 1 fully saturated rings. The van der Waals surface area contributed by atoms with E-state index in [0.717, 1.165) is 11.2 Å². The minimum Gasteiger partial charge on any atom is -0.477 e. The molecule has 0 saturated carbocycles. The normalized spacial score (nSPS) is 19.1. The van der Waals surface area contributed by atoms with Crippen molar-refractivity contribution in [1.82, 2.24) is 25.5 Å². The number of nitrogens with zero attached hydrogens (tertiary/aromatic N) is 2. The Kier molecular flexibility index (Phi) is 7.47. The summed E-state index contributed by atoms with van der Waals surface area (Å²) in [5.74, 6) is -5.65. The van der Waals surface area contributed by atoms with Gasteiger partial charge in [-0.05, 0) is 5.56 Å². The predicted molar refractivity (Wildman–Crippen MR) is 129 cm³/mol. The van der Waals surface area contributed by atoms with Gasteiger partial charge in [0.15, 0.2) is 11.4 Å². The molecule has 2 aliphatic rings. The number of rotatable bonds is 9. The Morgan fingerprint density at radius 1 is 1.18 bits per heavy atom. The highest BCUT2D eigenvalue weighted by molar-refractivity contribution is 8.00. The molecule has 3 heterocycles. The van der Waals surface area contributed by atoms with Gasteiger partial charge in [-0.2, -0.15) is 0 Å². The Bertz CT molecular complexity index is 1360. The van der Waals surface area contributed by atoms with Crippen LogP contribution in [0.4, 0.5) is 0 Å². The van der Waals surface area contributed by atoms with Crippen molar-refractivity contribution in [1.29, 1.82) is 0 Å². The lowest BCUT2D eigenvalue weighted by atomic mass is 10.0. The van der Waals surface area contributed by atoms with E-state index in [2.05, 4.69) is 20.6 Å². The van der Waals surface area contributed by atoms with E-state index in [4.69, 9.17) is 4.74 Å². The van der Waals surface area contributed by atoms with Gasteiger partial charge in [0.2, 0.25) is 5.91 Å². The molecule has 15 heteroatoms. The summed E-state index contributed by atoms with van der Waals surface area (Å²) in [5, 5.41) is 23.2. The summed E-state index contributed by atoms with van der Waals surface area (Å²) in [7, 11) is 0. The number of amides is 3. The Morgan fingerprint density at radius 3 is 2.53 bits per heavy atom. The van der Waals surface area contributed by atoms with Crippen LogP contribution in [-0.4, -0.2) is 84.5 Å². The molecule has 2 aromatic rings. The lowest BCUT2D eigenvalue weighted by molar-refractivity contribution is -0.151. The maximum Gasteiger partial charge on any atom is 0.354 e. The Balaban J connectivity index is 1.54. The van der Waals surface area contributed by atoms with E-state index in [9.17, 15) is 39.0 Å². The summed E-state index contributed by atoms with van der Waals surface area (Å²) in [6, 6.07) is 5.64. The maximum atomic E-state index is 13.3. The summed E-state index contributed by atoms with van der Waals surface area (Å²) in [6.07, 6.45) is 1.03. The van der Waals surface area contributed by atoms with Crippen LogP contribution in [0, 0.1) is 0 Å². The van der Waals surface area contributed by atoms with E-state index in [0.29, 0.717) is 5.56 Å². The Labute approximate surface area is 218 Å². The number of carbonyl (C=O) groups excluding carboxylic acids is 4. The molecule has 1 aromatic heterocycles. The first-order valence-corrected chi connectivity index (χ1v) is 12.1. The average Bonchev–Trinajstić information content (AvgIpc) is 3.39. The third-order valence-corrected chi connectivity index (χ3v) is 7.08. The molecule has 0 aliphatic carbocycles. The smallest absolute Gasteiger partial charge is 0.354 e. The minimum atomic E-state index is -1.42. The molecule has 0 unspecified atom stereocenters. The lowest BCUT2D eigenvalue weighted by Gasteiger charge is -2.49. The van der Waals surface area contributed by atoms with E-state index in [1.54, 1.807) is 30.3 Å².